The van der Waals surface area contributed by atoms with Crippen LogP contribution in [0.3, 0.4) is 0 Å². The molecule has 0 heterocycles. The molecule has 0 amide bonds. The van der Waals surface area contributed by atoms with Crippen LogP contribution in [0.15, 0.2) is 0 Å². The number of ether oxygens (including phenoxy) is 1. The molecule has 0 aliphatic heterocycles. The number of hydrogen-bond donors (Lipinski definition) is 1. The lowest BCUT2D eigenvalue weighted by Crippen LogP contribution is -2.20. The number of carbonyl (C=O) groups is 1. The molecule has 0 rings (SSSR count). The third-order valence-electron chi connectivity index (χ3n) is 8.24. The molecule has 1 atom stereocenters. The Balaban J connectivity index is 3.99. The van der Waals surface area contributed by atoms with Gasteiger partial charge in [0.25, 0.3) is 0 Å². The number of esters is 1. The van der Waals surface area contributed by atoms with Gasteiger partial charge in [-0.1, -0.05) is 181 Å². The van der Waals surface area contributed by atoms with Gasteiger partial charge in [0.05, 0.1) is 6.61 Å². The van der Waals surface area contributed by atoms with E-state index < -0.39 is 23.0 Å². The van der Waals surface area contributed by atoms with Crippen molar-refractivity contribution >= 4 is 16.4 Å². The van der Waals surface area contributed by atoms with E-state index in [9.17, 15) is 13.2 Å². The summed E-state index contributed by atoms with van der Waals surface area (Å²) in [6, 6.07) is 0. The van der Waals surface area contributed by atoms with Crippen molar-refractivity contribution in [1.29, 1.82) is 0 Å². The zero-order valence-electron chi connectivity index (χ0n) is 27.2. The van der Waals surface area contributed by atoms with Gasteiger partial charge in [0.1, 0.15) is 0 Å². The summed E-state index contributed by atoms with van der Waals surface area (Å²) in [6.45, 7) is 4.05. The minimum Gasteiger partial charge on any atom is -0.464 e. The molecule has 0 aliphatic carbocycles. The summed E-state index contributed by atoms with van der Waals surface area (Å²) in [5, 5.41) is 0. The molecular formula is C34H68O6S. The van der Waals surface area contributed by atoms with Gasteiger partial charge in [-0.15, -0.1) is 0 Å². The minimum atomic E-state index is -4.63. The zero-order chi connectivity index (χ0) is 30.3. The van der Waals surface area contributed by atoms with Crippen molar-refractivity contribution in [2.45, 2.75) is 194 Å². The van der Waals surface area contributed by atoms with Crippen molar-refractivity contribution in [3.8, 4) is 0 Å². The summed E-state index contributed by atoms with van der Waals surface area (Å²) in [6.07, 6.45) is 36.6. The number of rotatable bonds is 33. The Morgan fingerprint density at radius 1 is 0.537 bits per heavy atom. The molecular weight excluding hydrogens is 536 g/mol. The molecule has 6 nitrogen and oxygen atoms in total. The van der Waals surface area contributed by atoms with Crippen molar-refractivity contribution in [1.82, 2.24) is 0 Å². The molecule has 0 saturated carbocycles. The van der Waals surface area contributed by atoms with E-state index in [0.717, 1.165) is 25.7 Å². The number of unbranched alkanes of at least 4 members (excludes halogenated alkanes) is 24. The molecule has 0 aliphatic rings. The fourth-order valence-electron chi connectivity index (χ4n) is 5.59. The first kappa shape index (κ1) is 40.3. The molecule has 0 aromatic rings. The van der Waals surface area contributed by atoms with Crippen molar-refractivity contribution < 1.29 is 26.7 Å². The van der Waals surface area contributed by atoms with Crippen molar-refractivity contribution in [3.05, 3.63) is 0 Å². The summed E-state index contributed by atoms with van der Waals surface area (Å²) in [7, 11) is -4.63. The maximum atomic E-state index is 11.8. The van der Waals surface area contributed by atoms with Crippen molar-refractivity contribution in [2.75, 3.05) is 13.2 Å². The maximum Gasteiger partial charge on any atom is 0.397 e. The normalized spacial score (nSPS) is 12.6. The van der Waals surface area contributed by atoms with Crippen molar-refractivity contribution in [2.24, 2.45) is 5.92 Å². The standard InChI is InChI=1S/C34H68O6S/c1-3-5-7-9-11-13-15-17-18-20-22-24-26-28-30-33(31-39-34(35)32-40-41(36,37)38)29-27-25-23-21-19-16-14-12-10-8-6-4-2/h33H,3-32H2,1-2H3,(H,36,37,38). The highest BCUT2D eigenvalue weighted by Crippen LogP contribution is 2.21. The van der Waals surface area contributed by atoms with Crippen LogP contribution in [-0.4, -0.2) is 32.2 Å². The highest BCUT2D eigenvalue weighted by molar-refractivity contribution is 7.80. The highest BCUT2D eigenvalue weighted by atomic mass is 32.3. The molecule has 0 spiro atoms. The lowest BCUT2D eigenvalue weighted by Gasteiger charge is -2.17. The molecule has 0 aromatic heterocycles. The fourth-order valence-corrected chi connectivity index (χ4v) is 5.83. The van der Waals surface area contributed by atoms with Crippen LogP contribution in [0.1, 0.15) is 194 Å². The predicted molar refractivity (Wildman–Crippen MR) is 173 cm³/mol. The first-order chi connectivity index (χ1) is 19.9. The van der Waals surface area contributed by atoms with Gasteiger partial charge >= 0.3 is 16.4 Å². The third-order valence-corrected chi connectivity index (χ3v) is 8.65. The summed E-state index contributed by atoms with van der Waals surface area (Å²) >= 11 is 0. The monoisotopic (exact) mass is 604 g/mol. The molecule has 0 saturated heterocycles. The molecule has 7 heteroatoms. The Morgan fingerprint density at radius 3 is 1.12 bits per heavy atom. The molecule has 0 fully saturated rings. The molecule has 41 heavy (non-hydrogen) atoms. The fraction of sp³-hybridized carbons (Fsp3) is 0.971. The predicted octanol–water partition coefficient (Wildman–Crippen LogP) is 10.9. The zero-order valence-corrected chi connectivity index (χ0v) is 28.0. The second-order valence-electron chi connectivity index (χ2n) is 12.3. The summed E-state index contributed by atoms with van der Waals surface area (Å²) in [4.78, 5) is 11.8. The molecule has 0 aromatic carbocycles. The molecule has 0 bridgehead atoms. The largest absolute Gasteiger partial charge is 0.464 e. The van der Waals surface area contributed by atoms with Crippen LogP contribution in [0.2, 0.25) is 0 Å². The topological polar surface area (TPSA) is 89.9 Å². The van der Waals surface area contributed by atoms with E-state index in [1.165, 1.54) is 154 Å². The third kappa shape index (κ3) is 33.7. The average molecular weight is 605 g/mol. The van der Waals surface area contributed by atoms with Gasteiger partial charge in [0.15, 0.2) is 6.61 Å². The Bertz CT molecular complexity index is 652. The first-order valence-corrected chi connectivity index (χ1v) is 19.0. The van der Waals surface area contributed by atoms with E-state index in [1.54, 1.807) is 0 Å². The second kappa shape index (κ2) is 30.8. The van der Waals surface area contributed by atoms with Gasteiger partial charge in [0.2, 0.25) is 0 Å². The van der Waals surface area contributed by atoms with Crippen LogP contribution in [0.4, 0.5) is 0 Å². The van der Waals surface area contributed by atoms with E-state index in [2.05, 4.69) is 18.0 Å². The van der Waals surface area contributed by atoms with Crippen LogP contribution < -0.4 is 0 Å². The first-order valence-electron chi connectivity index (χ1n) is 17.7. The van der Waals surface area contributed by atoms with Gasteiger partial charge in [0, 0.05) is 0 Å². The second-order valence-corrected chi connectivity index (χ2v) is 13.4. The summed E-state index contributed by atoms with van der Waals surface area (Å²) in [5.74, 6) is -0.451. The van der Waals surface area contributed by atoms with E-state index in [-0.39, 0.29) is 0 Å². The van der Waals surface area contributed by atoms with Crippen molar-refractivity contribution in [3.63, 3.8) is 0 Å². The summed E-state index contributed by atoms with van der Waals surface area (Å²) in [5.41, 5.74) is 0. The van der Waals surface area contributed by atoms with Crippen LogP contribution in [0, 0.1) is 5.92 Å². The summed E-state index contributed by atoms with van der Waals surface area (Å²) < 4.78 is 39.5. The van der Waals surface area contributed by atoms with E-state index in [0.29, 0.717) is 12.5 Å². The quantitative estimate of drug-likeness (QED) is 0.0455. The van der Waals surface area contributed by atoms with Gasteiger partial charge < -0.3 is 4.74 Å². The highest BCUT2D eigenvalue weighted by Gasteiger charge is 2.15. The Hall–Kier alpha value is -0.660. The van der Waals surface area contributed by atoms with Crippen LogP contribution in [0.25, 0.3) is 0 Å². The SMILES string of the molecule is CCCCCCCCCCCCCCCCC(CCCCCCCCCCCCCC)COC(=O)COS(=O)(=O)O. The Kier molecular flexibility index (Phi) is 30.3. The Labute approximate surface area is 255 Å². The number of hydrogen-bond acceptors (Lipinski definition) is 5. The van der Waals surface area contributed by atoms with Crippen LogP contribution in [0.5, 0.6) is 0 Å². The van der Waals surface area contributed by atoms with Gasteiger partial charge in [-0.25, -0.2) is 8.98 Å². The minimum absolute atomic E-state index is 0.296. The van der Waals surface area contributed by atoms with Crippen LogP contribution in [-0.2, 0) is 24.1 Å². The molecule has 1 N–H and O–H groups in total. The molecule has 0 radical (unpaired) electrons. The van der Waals surface area contributed by atoms with E-state index in [1.807, 2.05) is 0 Å². The van der Waals surface area contributed by atoms with Gasteiger partial charge in [-0.3, -0.25) is 4.55 Å². The van der Waals surface area contributed by atoms with Gasteiger partial charge in [-0.2, -0.15) is 8.42 Å². The Morgan fingerprint density at radius 2 is 0.829 bits per heavy atom. The van der Waals surface area contributed by atoms with Crippen LogP contribution >= 0.6 is 0 Å². The smallest absolute Gasteiger partial charge is 0.397 e. The van der Waals surface area contributed by atoms with Gasteiger partial charge in [-0.05, 0) is 18.8 Å². The lowest BCUT2D eigenvalue weighted by molar-refractivity contribution is -0.147. The molecule has 1 unspecified atom stereocenters. The molecule has 246 valence electrons. The lowest BCUT2D eigenvalue weighted by atomic mass is 9.94. The number of carbonyl (C=O) groups excluding carboxylic acids is 1. The average Bonchev–Trinajstić information content (AvgIpc) is 2.94. The van der Waals surface area contributed by atoms with E-state index >= 15 is 0 Å². The maximum absolute atomic E-state index is 11.8. The van der Waals surface area contributed by atoms with E-state index in [4.69, 9.17) is 9.29 Å².